The molecule has 0 N–H and O–H groups in total. The Balaban J connectivity index is 2.61. The number of Topliss-reactive ketones (excluding diaryl/α,β-unsaturated/α-hetero) is 1. The van der Waals surface area contributed by atoms with E-state index in [1.165, 1.54) is 13.0 Å². The van der Waals surface area contributed by atoms with Crippen molar-refractivity contribution in [1.29, 1.82) is 0 Å². The average molecular weight is 264 g/mol. The van der Waals surface area contributed by atoms with Crippen LogP contribution in [0.15, 0.2) is 24.3 Å². The first-order valence-corrected chi connectivity index (χ1v) is 6.00. The van der Waals surface area contributed by atoms with E-state index in [0.29, 0.717) is 17.9 Å². The largest absolute Gasteiger partial charge is 0.466 e. The van der Waals surface area contributed by atoms with E-state index >= 15 is 0 Å². The Morgan fingerprint density at radius 1 is 1.16 bits per heavy atom. The van der Waals surface area contributed by atoms with Crippen LogP contribution in [0.2, 0.25) is 0 Å². The molecule has 0 saturated carbocycles. The summed E-state index contributed by atoms with van der Waals surface area (Å²) in [6.07, 6.45) is 0.118. The molecule has 5 nitrogen and oxygen atoms in total. The second-order valence-corrected chi connectivity index (χ2v) is 3.85. The number of carbonyl (C=O) groups is 3. The summed E-state index contributed by atoms with van der Waals surface area (Å²) in [5.74, 6) is -0.723. The number of ketones is 1. The highest BCUT2D eigenvalue weighted by molar-refractivity contribution is 5.97. The third kappa shape index (κ3) is 5.33. The van der Waals surface area contributed by atoms with Gasteiger partial charge in [0.25, 0.3) is 0 Å². The van der Waals surface area contributed by atoms with Gasteiger partial charge in [0.1, 0.15) is 5.75 Å². The zero-order valence-electron chi connectivity index (χ0n) is 11.0. The normalized spacial score (nSPS) is 9.79. The van der Waals surface area contributed by atoms with Crippen LogP contribution < -0.4 is 4.74 Å². The summed E-state index contributed by atoms with van der Waals surface area (Å²) in [6.45, 7) is 3.30. The summed E-state index contributed by atoms with van der Waals surface area (Å²) in [4.78, 5) is 33.8. The number of hydrogen-bond donors (Lipinski definition) is 0. The molecule has 0 saturated heterocycles. The molecule has 0 spiro atoms. The Morgan fingerprint density at radius 3 is 2.53 bits per heavy atom. The van der Waals surface area contributed by atoms with E-state index in [4.69, 9.17) is 9.47 Å². The lowest BCUT2D eigenvalue weighted by Gasteiger charge is -2.04. The Kier molecular flexibility index (Phi) is 5.73. The van der Waals surface area contributed by atoms with Crippen molar-refractivity contribution in [2.75, 3.05) is 6.61 Å². The van der Waals surface area contributed by atoms with E-state index in [0.717, 1.165) is 0 Å². The molecule has 0 amide bonds. The predicted octanol–water partition coefficient (Wildman–Crippen LogP) is 2.14. The molecule has 0 fully saturated rings. The molecule has 0 aromatic heterocycles. The van der Waals surface area contributed by atoms with Gasteiger partial charge in [-0.25, -0.2) is 0 Å². The van der Waals surface area contributed by atoms with Crippen molar-refractivity contribution >= 4 is 17.7 Å². The van der Waals surface area contributed by atoms with Crippen LogP contribution >= 0.6 is 0 Å². The standard InChI is InChI=1S/C14H16O5/c1-3-18-14(17)8-7-13(16)11-5-4-6-12(9-11)19-10(2)15/h4-6,9H,3,7-8H2,1-2H3. The third-order valence-corrected chi connectivity index (χ3v) is 2.28. The molecule has 102 valence electrons. The van der Waals surface area contributed by atoms with Crippen molar-refractivity contribution in [2.45, 2.75) is 26.7 Å². The van der Waals surface area contributed by atoms with Crippen molar-refractivity contribution in [2.24, 2.45) is 0 Å². The minimum atomic E-state index is -0.448. The van der Waals surface area contributed by atoms with Crippen LogP contribution in [0.5, 0.6) is 5.75 Å². The van der Waals surface area contributed by atoms with Crippen molar-refractivity contribution in [3.05, 3.63) is 29.8 Å². The molecular formula is C14H16O5. The molecule has 0 aliphatic rings. The molecule has 19 heavy (non-hydrogen) atoms. The molecule has 1 aromatic rings. The summed E-state index contributed by atoms with van der Waals surface area (Å²) in [7, 11) is 0. The maximum atomic E-state index is 11.8. The van der Waals surface area contributed by atoms with Crippen molar-refractivity contribution in [1.82, 2.24) is 0 Å². The fraction of sp³-hybridized carbons (Fsp3) is 0.357. The molecule has 0 atom stereocenters. The number of rotatable bonds is 6. The summed E-state index contributed by atoms with van der Waals surface area (Å²) in [5, 5.41) is 0. The predicted molar refractivity (Wildman–Crippen MR) is 67.9 cm³/mol. The van der Waals surface area contributed by atoms with E-state index in [1.54, 1.807) is 25.1 Å². The molecule has 5 heteroatoms. The number of esters is 2. The molecule has 0 aliphatic carbocycles. The maximum Gasteiger partial charge on any atom is 0.308 e. The monoisotopic (exact) mass is 264 g/mol. The van der Waals surface area contributed by atoms with Crippen LogP contribution in [0.25, 0.3) is 0 Å². The smallest absolute Gasteiger partial charge is 0.308 e. The highest BCUT2D eigenvalue weighted by Gasteiger charge is 2.11. The fourth-order valence-corrected chi connectivity index (χ4v) is 1.49. The molecule has 1 aromatic carbocycles. The van der Waals surface area contributed by atoms with Gasteiger partial charge in [-0.3, -0.25) is 14.4 Å². The van der Waals surface area contributed by atoms with Gasteiger partial charge in [0.2, 0.25) is 0 Å². The van der Waals surface area contributed by atoms with Crippen LogP contribution in [0.4, 0.5) is 0 Å². The quantitative estimate of drug-likeness (QED) is 0.447. The second kappa shape index (κ2) is 7.31. The van der Waals surface area contributed by atoms with Gasteiger partial charge in [-0.1, -0.05) is 12.1 Å². The fourth-order valence-electron chi connectivity index (χ4n) is 1.49. The van der Waals surface area contributed by atoms with E-state index < -0.39 is 11.9 Å². The van der Waals surface area contributed by atoms with Crippen LogP contribution in [0.1, 0.15) is 37.0 Å². The molecule has 0 radical (unpaired) electrons. The van der Waals surface area contributed by atoms with E-state index in [1.807, 2.05) is 0 Å². The van der Waals surface area contributed by atoms with Gasteiger partial charge in [-0.05, 0) is 19.1 Å². The Labute approximate surface area is 111 Å². The van der Waals surface area contributed by atoms with Gasteiger partial charge in [-0.15, -0.1) is 0 Å². The van der Waals surface area contributed by atoms with Crippen LogP contribution in [-0.2, 0) is 14.3 Å². The van der Waals surface area contributed by atoms with Crippen molar-refractivity contribution in [3.8, 4) is 5.75 Å². The molecule has 1 rings (SSSR count). The zero-order chi connectivity index (χ0) is 14.3. The summed E-state index contributed by atoms with van der Waals surface area (Å²) >= 11 is 0. The van der Waals surface area contributed by atoms with E-state index in [2.05, 4.69) is 0 Å². The van der Waals surface area contributed by atoms with Gasteiger partial charge >= 0.3 is 11.9 Å². The summed E-state index contributed by atoms with van der Waals surface area (Å²) < 4.78 is 9.63. The van der Waals surface area contributed by atoms with Crippen LogP contribution in [0, 0.1) is 0 Å². The number of carbonyl (C=O) groups excluding carboxylic acids is 3. The van der Waals surface area contributed by atoms with Gasteiger partial charge < -0.3 is 9.47 Å². The molecule has 0 aliphatic heterocycles. The second-order valence-electron chi connectivity index (χ2n) is 3.85. The number of benzene rings is 1. The number of hydrogen-bond acceptors (Lipinski definition) is 5. The SMILES string of the molecule is CCOC(=O)CCC(=O)c1cccc(OC(C)=O)c1. The van der Waals surface area contributed by atoms with Gasteiger partial charge in [-0.2, -0.15) is 0 Å². The first-order valence-electron chi connectivity index (χ1n) is 6.00. The van der Waals surface area contributed by atoms with Crippen molar-refractivity contribution < 1.29 is 23.9 Å². The highest BCUT2D eigenvalue weighted by atomic mass is 16.5. The summed E-state index contributed by atoms with van der Waals surface area (Å²) in [5.41, 5.74) is 0.406. The van der Waals surface area contributed by atoms with E-state index in [9.17, 15) is 14.4 Å². The Morgan fingerprint density at radius 2 is 1.89 bits per heavy atom. The summed E-state index contributed by atoms with van der Waals surface area (Å²) in [6, 6.07) is 6.30. The number of ether oxygens (including phenoxy) is 2. The third-order valence-electron chi connectivity index (χ3n) is 2.28. The van der Waals surface area contributed by atoms with Gasteiger partial charge in [0.15, 0.2) is 5.78 Å². The lowest BCUT2D eigenvalue weighted by molar-refractivity contribution is -0.143. The first-order chi connectivity index (χ1) is 9.02. The van der Waals surface area contributed by atoms with Crippen molar-refractivity contribution in [3.63, 3.8) is 0 Å². The minimum Gasteiger partial charge on any atom is -0.466 e. The highest BCUT2D eigenvalue weighted by Crippen LogP contribution is 2.15. The first kappa shape index (κ1) is 14.9. The van der Waals surface area contributed by atoms with E-state index in [-0.39, 0.29) is 18.6 Å². The lowest BCUT2D eigenvalue weighted by Crippen LogP contribution is -2.08. The lowest BCUT2D eigenvalue weighted by atomic mass is 10.1. The topological polar surface area (TPSA) is 69.7 Å². The Bertz CT molecular complexity index is 478. The zero-order valence-corrected chi connectivity index (χ0v) is 11.0. The molecule has 0 heterocycles. The van der Waals surface area contributed by atoms with Crippen LogP contribution in [-0.4, -0.2) is 24.3 Å². The van der Waals surface area contributed by atoms with Crippen LogP contribution in [0.3, 0.4) is 0 Å². The Hall–Kier alpha value is -2.17. The molecular weight excluding hydrogens is 248 g/mol. The van der Waals surface area contributed by atoms with Gasteiger partial charge in [0, 0.05) is 18.9 Å². The maximum absolute atomic E-state index is 11.8. The molecule has 0 bridgehead atoms. The minimum absolute atomic E-state index is 0.0461. The van der Waals surface area contributed by atoms with Gasteiger partial charge in [0.05, 0.1) is 13.0 Å². The molecule has 0 unspecified atom stereocenters. The average Bonchev–Trinajstić information content (AvgIpc) is 2.36.